The van der Waals surface area contributed by atoms with Gasteiger partial charge in [-0.05, 0) is 36.4 Å². The number of nitrogens with one attached hydrogen (secondary N) is 2. The topological polar surface area (TPSA) is 111 Å². The molecule has 9 heteroatoms. The molecular formula is C21H16ClN3O5. The first-order chi connectivity index (χ1) is 14.4. The van der Waals surface area contributed by atoms with E-state index in [1.54, 1.807) is 48.5 Å². The molecule has 0 atom stereocenters. The maximum atomic E-state index is 12.2. The summed E-state index contributed by atoms with van der Waals surface area (Å²) in [5.74, 6) is -0.404. The quantitative estimate of drug-likeness (QED) is 0.427. The fraction of sp³-hybridized carbons (Fsp3) is 0.0476. The Bertz CT molecular complexity index is 1090. The van der Waals surface area contributed by atoms with Crippen molar-refractivity contribution in [3.8, 4) is 5.75 Å². The van der Waals surface area contributed by atoms with Crippen LogP contribution in [0.25, 0.3) is 0 Å². The first-order valence-electron chi connectivity index (χ1n) is 8.75. The molecule has 30 heavy (non-hydrogen) atoms. The number of carbonyl (C=O) groups is 2. The Morgan fingerprint density at radius 3 is 2.40 bits per heavy atom. The van der Waals surface area contributed by atoms with Crippen LogP contribution in [0.2, 0.25) is 5.02 Å². The zero-order chi connectivity index (χ0) is 21.5. The fourth-order valence-electron chi connectivity index (χ4n) is 2.53. The number of anilines is 2. The van der Waals surface area contributed by atoms with E-state index in [-0.39, 0.29) is 28.9 Å². The molecule has 8 nitrogen and oxygen atoms in total. The predicted molar refractivity (Wildman–Crippen MR) is 113 cm³/mol. The summed E-state index contributed by atoms with van der Waals surface area (Å²) in [6, 6.07) is 19.3. The van der Waals surface area contributed by atoms with Crippen molar-refractivity contribution in [1.29, 1.82) is 0 Å². The van der Waals surface area contributed by atoms with Gasteiger partial charge in [-0.2, -0.15) is 0 Å². The van der Waals surface area contributed by atoms with Crippen LogP contribution in [0.1, 0.15) is 10.4 Å². The third kappa shape index (κ3) is 5.55. The molecular weight excluding hydrogens is 410 g/mol. The van der Waals surface area contributed by atoms with Gasteiger partial charge in [-0.1, -0.05) is 35.9 Å². The molecule has 0 saturated carbocycles. The third-order valence-electron chi connectivity index (χ3n) is 3.92. The highest BCUT2D eigenvalue weighted by atomic mass is 35.5. The van der Waals surface area contributed by atoms with E-state index in [4.69, 9.17) is 16.3 Å². The fourth-order valence-corrected chi connectivity index (χ4v) is 2.72. The molecule has 0 saturated heterocycles. The zero-order valence-electron chi connectivity index (χ0n) is 15.5. The molecule has 2 N–H and O–H groups in total. The number of halogens is 1. The van der Waals surface area contributed by atoms with E-state index in [1.807, 2.05) is 6.07 Å². The van der Waals surface area contributed by atoms with Gasteiger partial charge in [0.05, 0.1) is 4.92 Å². The van der Waals surface area contributed by atoms with Crippen molar-refractivity contribution in [2.75, 3.05) is 17.2 Å². The van der Waals surface area contributed by atoms with Gasteiger partial charge in [0.25, 0.3) is 17.5 Å². The summed E-state index contributed by atoms with van der Waals surface area (Å²) in [6.45, 7) is -0.327. The number of benzene rings is 3. The van der Waals surface area contributed by atoms with Crippen LogP contribution < -0.4 is 15.4 Å². The van der Waals surface area contributed by atoms with E-state index in [0.717, 1.165) is 0 Å². The van der Waals surface area contributed by atoms with Gasteiger partial charge in [0.1, 0.15) is 10.8 Å². The maximum Gasteiger partial charge on any atom is 0.289 e. The van der Waals surface area contributed by atoms with Gasteiger partial charge < -0.3 is 15.4 Å². The normalized spacial score (nSPS) is 10.2. The summed E-state index contributed by atoms with van der Waals surface area (Å²) < 4.78 is 5.45. The van der Waals surface area contributed by atoms with Gasteiger partial charge in [-0.3, -0.25) is 19.7 Å². The second-order valence-electron chi connectivity index (χ2n) is 6.11. The van der Waals surface area contributed by atoms with Gasteiger partial charge in [0.15, 0.2) is 6.61 Å². The number of hydrogen-bond acceptors (Lipinski definition) is 5. The molecule has 152 valence electrons. The molecule has 0 aromatic heterocycles. The lowest BCUT2D eigenvalue weighted by Crippen LogP contribution is -2.20. The lowest BCUT2D eigenvalue weighted by Gasteiger charge is -2.10. The molecule has 0 unspecified atom stereocenters. The Hall–Kier alpha value is -3.91. The number of carbonyl (C=O) groups excluding carboxylic acids is 2. The molecule has 3 aromatic rings. The number of nitrogens with zero attached hydrogens (tertiary/aromatic N) is 1. The minimum Gasteiger partial charge on any atom is -0.484 e. The molecule has 3 rings (SSSR count). The first kappa shape index (κ1) is 20.8. The lowest BCUT2D eigenvalue weighted by atomic mass is 10.2. The highest BCUT2D eigenvalue weighted by Gasteiger charge is 2.14. The van der Waals surface area contributed by atoms with Crippen molar-refractivity contribution in [2.24, 2.45) is 0 Å². The molecule has 0 aliphatic heterocycles. The average molecular weight is 426 g/mol. The van der Waals surface area contributed by atoms with Crippen LogP contribution in [0.15, 0.2) is 72.8 Å². The van der Waals surface area contributed by atoms with Crippen LogP contribution in [-0.2, 0) is 4.79 Å². The standard InChI is InChI=1S/C21H16ClN3O5/c22-18-10-9-16(12-19(18)25(28)29)23-20(26)13-30-17-8-4-7-15(11-17)24-21(27)14-5-2-1-3-6-14/h1-12H,13H2,(H,23,26)(H,24,27). The Kier molecular flexibility index (Phi) is 6.61. The number of amides is 2. The monoisotopic (exact) mass is 425 g/mol. The first-order valence-corrected chi connectivity index (χ1v) is 9.13. The second-order valence-corrected chi connectivity index (χ2v) is 6.52. The van der Waals surface area contributed by atoms with Crippen molar-refractivity contribution in [2.45, 2.75) is 0 Å². The van der Waals surface area contributed by atoms with E-state index in [0.29, 0.717) is 17.0 Å². The molecule has 0 heterocycles. The van der Waals surface area contributed by atoms with Crippen LogP contribution in [0.4, 0.5) is 17.1 Å². The molecule has 2 amide bonds. The van der Waals surface area contributed by atoms with Gasteiger partial charge in [-0.25, -0.2) is 0 Å². The Labute approximate surface area is 176 Å². The van der Waals surface area contributed by atoms with Crippen LogP contribution in [0.3, 0.4) is 0 Å². The largest absolute Gasteiger partial charge is 0.484 e. The van der Waals surface area contributed by atoms with Gasteiger partial charge in [0.2, 0.25) is 0 Å². The number of hydrogen-bond donors (Lipinski definition) is 2. The summed E-state index contributed by atoms with van der Waals surface area (Å²) in [7, 11) is 0. The summed E-state index contributed by atoms with van der Waals surface area (Å²) >= 11 is 5.75. The predicted octanol–water partition coefficient (Wildman–Crippen LogP) is 4.52. The summed E-state index contributed by atoms with van der Waals surface area (Å²) in [4.78, 5) is 34.6. The van der Waals surface area contributed by atoms with Crippen molar-refractivity contribution < 1.29 is 19.2 Å². The summed E-state index contributed by atoms with van der Waals surface area (Å²) in [5.41, 5.74) is 0.941. The number of ether oxygens (including phenoxy) is 1. The van der Waals surface area contributed by atoms with Crippen LogP contribution >= 0.6 is 11.6 Å². The van der Waals surface area contributed by atoms with E-state index in [2.05, 4.69) is 10.6 Å². The molecule has 0 bridgehead atoms. The smallest absolute Gasteiger partial charge is 0.289 e. The Morgan fingerprint density at radius 1 is 0.933 bits per heavy atom. The van der Waals surface area contributed by atoms with E-state index >= 15 is 0 Å². The van der Waals surface area contributed by atoms with Crippen molar-refractivity contribution in [3.63, 3.8) is 0 Å². The minimum atomic E-state index is -0.635. The van der Waals surface area contributed by atoms with E-state index < -0.39 is 10.8 Å². The van der Waals surface area contributed by atoms with E-state index in [9.17, 15) is 19.7 Å². The lowest BCUT2D eigenvalue weighted by molar-refractivity contribution is -0.384. The highest BCUT2D eigenvalue weighted by Crippen LogP contribution is 2.27. The number of nitro benzene ring substituents is 1. The van der Waals surface area contributed by atoms with Crippen LogP contribution in [0, 0.1) is 10.1 Å². The van der Waals surface area contributed by atoms with Crippen molar-refractivity contribution >= 4 is 40.5 Å². The van der Waals surface area contributed by atoms with Crippen molar-refractivity contribution in [3.05, 3.63) is 93.5 Å². The maximum absolute atomic E-state index is 12.2. The Morgan fingerprint density at radius 2 is 1.67 bits per heavy atom. The zero-order valence-corrected chi connectivity index (χ0v) is 16.3. The van der Waals surface area contributed by atoms with Crippen molar-refractivity contribution in [1.82, 2.24) is 0 Å². The van der Waals surface area contributed by atoms with Gasteiger partial charge >= 0.3 is 0 Å². The molecule has 0 fully saturated rings. The van der Waals surface area contributed by atoms with Crippen LogP contribution in [0.5, 0.6) is 5.75 Å². The SMILES string of the molecule is O=C(COc1cccc(NC(=O)c2ccccc2)c1)Nc1ccc(Cl)c([N+](=O)[O-])c1. The summed E-state index contributed by atoms with van der Waals surface area (Å²) in [6.07, 6.45) is 0. The van der Waals surface area contributed by atoms with Gasteiger partial charge in [-0.15, -0.1) is 0 Å². The van der Waals surface area contributed by atoms with Gasteiger partial charge in [0, 0.05) is 29.1 Å². The minimum absolute atomic E-state index is 0.0244. The molecule has 0 aliphatic rings. The average Bonchev–Trinajstić information content (AvgIpc) is 2.74. The van der Waals surface area contributed by atoms with Crippen LogP contribution in [-0.4, -0.2) is 23.3 Å². The Balaban J connectivity index is 1.58. The number of rotatable bonds is 7. The number of nitro groups is 1. The van der Waals surface area contributed by atoms with E-state index in [1.165, 1.54) is 18.2 Å². The summed E-state index contributed by atoms with van der Waals surface area (Å²) in [5, 5.41) is 16.2. The highest BCUT2D eigenvalue weighted by molar-refractivity contribution is 6.32. The molecule has 0 radical (unpaired) electrons. The second kappa shape index (κ2) is 9.53. The molecule has 0 aliphatic carbocycles. The molecule has 3 aromatic carbocycles. The molecule has 0 spiro atoms. The third-order valence-corrected chi connectivity index (χ3v) is 4.24.